The van der Waals surface area contributed by atoms with Crippen LogP contribution in [-0.4, -0.2) is 40.4 Å². The molecule has 0 aromatic heterocycles. The van der Waals surface area contributed by atoms with Gasteiger partial charge in [0, 0.05) is 13.1 Å². The third-order valence-corrected chi connectivity index (χ3v) is 3.56. The van der Waals surface area contributed by atoms with Crippen LogP contribution in [-0.2, 0) is 6.54 Å². The van der Waals surface area contributed by atoms with Gasteiger partial charge in [-0.05, 0) is 31.0 Å². The molecule has 0 bridgehead atoms. The predicted molar refractivity (Wildman–Crippen MR) is 114 cm³/mol. The van der Waals surface area contributed by atoms with Gasteiger partial charge in [0.05, 0.1) is 27.9 Å². The van der Waals surface area contributed by atoms with Gasteiger partial charge in [-0.15, -0.1) is 24.0 Å². The monoisotopic (exact) mass is 465 g/mol. The zero-order chi connectivity index (χ0) is 17.8. The van der Waals surface area contributed by atoms with Crippen molar-refractivity contribution in [2.24, 2.45) is 4.99 Å². The molecule has 144 valence electrons. The number of hydrogen-bond donors (Lipinski definition) is 2. The van der Waals surface area contributed by atoms with E-state index in [1.54, 1.807) is 21.3 Å². The summed E-state index contributed by atoms with van der Waals surface area (Å²) in [5.74, 6) is 2.70. The fraction of sp³-hybridized carbons (Fsp3) is 0.611. The SMILES string of the molecule is CCCCCNC(=NCc1cc(OC)c(OC)c(OC)c1)NCC.I. The lowest BCUT2D eigenvalue weighted by atomic mass is 10.2. The molecule has 0 saturated carbocycles. The van der Waals surface area contributed by atoms with Crippen molar-refractivity contribution in [2.75, 3.05) is 34.4 Å². The Hall–Kier alpha value is -1.38. The van der Waals surface area contributed by atoms with Crippen molar-refractivity contribution >= 4 is 29.9 Å². The quantitative estimate of drug-likeness (QED) is 0.240. The van der Waals surface area contributed by atoms with Gasteiger partial charge < -0.3 is 24.8 Å². The largest absolute Gasteiger partial charge is 0.493 e. The van der Waals surface area contributed by atoms with E-state index in [0.29, 0.717) is 23.8 Å². The maximum atomic E-state index is 5.38. The van der Waals surface area contributed by atoms with Crippen LogP contribution in [0.25, 0.3) is 0 Å². The maximum absolute atomic E-state index is 5.38. The van der Waals surface area contributed by atoms with Gasteiger partial charge in [0.2, 0.25) is 5.75 Å². The number of halogens is 1. The highest BCUT2D eigenvalue weighted by Gasteiger charge is 2.13. The van der Waals surface area contributed by atoms with Crippen molar-refractivity contribution in [3.8, 4) is 17.2 Å². The molecule has 0 fully saturated rings. The zero-order valence-electron chi connectivity index (χ0n) is 16.0. The summed E-state index contributed by atoms with van der Waals surface area (Å²) in [6.07, 6.45) is 3.57. The Kier molecular flexibility index (Phi) is 13.1. The van der Waals surface area contributed by atoms with Crippen molar-refractivity contribution in [1.29, 1.82) is 0 Å². The fourth-order valence-electron chi connectivity index (χ4n) is 2.32. The number of benzene rings is 1. The van der Waals surface area contributed by atoms with E-state index in [1.807, 2.05) is 12.1 Å². The molecule has 1 rings (SSSR count). The van der Waals surface area contributed by atoms with Crippen LogP contribution in [0.5, 0.6) is 17.2 Å². The highest BCUT2D eigenvalue weighted by Crippen LogP contribution is 2.38. The predicted octanol–water partition coefficient (Wildman–Crippen LogP) is 3.58. The van der Waals surface area contributed by atoms with E-state index in [2.05, 4.69) is 29.5 Å². The Morgan fingerprint density at radius 2 is 1.60 bits per heavy atom. The average molecular weight is 465 g/mol. The normalized spacial score (nSPS) is 10.7. The molecule has 0 spiro atoms. The summed E-state index contributed by atoms with van der Waals surface area (Å²) in [7, 11) is 4.83. The van der Waals surface area contributed by atoms with Crippen molar-refractivity contribution in [1.82, 2.24) is 10.6 Å². The molecule has 0 unspecified atom stereocenters. The van der Waals surface area contributed by atoms with Crippen LogP contribution >= 0.6 is 24.0 Å². The summed E-state index contributed by atoms with van der Waals surface area (Å²) < 4.78 is 16.1. The Labute approximate surface area is 168 Å². The van der Waals surface area contributed by atoms with E-state index < -0.39 is 0 Å². The first-order valence-electron chi connectivity index (χ1n) is 8.51. The number of aliphatic imine (C=N–C) groups is 1. The minimum atomic E-state index is 0. The molecule has 7 heteroatoms. The second-order valence-corrected chi connectivity index (χ2v) is 5.36. The summed E-state index contributed by atoms with van der Waals surface area (Å²) in [6.45, 7) is 6.54. The molecule has 1 aromatic rings. The summed E-state index contributed by atoms with van der Waals surface area (Å²) >= 11 is 0. The fourth-order valence-corrected chi connectivity index (χ4v) is 2.32. The number of methoxy groups -OCH3 is 3. The lowest BCUT2D eigenvalue weighted by molar-refractivity contribution is 0.324. The average Bonchev–Trinajstić information content (AvgIpc) is 2.61. The van der Waals surface area contributed by atoms with Gasteiger partial charge in [-0.25, -0.2) is 4.99 Å². The summed E-state index contributed by atoms with van der Waals surface area (Å²) in [4.78, 5) is 4.63. The molecule has 0 heterocycles. The molecule has 0 aliphatic carbocycles. The second-order valence-electron chi connectivity index (χ2n) is 5.36. The molecule has 6 nitrogen and oxygen atoms in total. The van der Waals surface area contributed by atoms with Gasteiger partial charge in [0.15, 0.2) is 17.5 Å². The standard InChI is InChI=1S/C18H31N3O3.HI/c1-6-8-9-10-20-18(19-7-2)21-13-14-11-15(22-3)17(24-5)16(12-14)23-4;/h11-12H,6-10,13H2,1-5H3,(H2,19,20,21);1H. The van der Waals surface area contributed by atoms with Crippen molar-refractivity contribution in [3.05, 3.63) is 17.7 Å². The highest BCUT2D eigenvalue weighted by atomic mass is 127. The van der Waals surface area contributed by atoms with Crippen LogP contribution in [0, 0.1) is 0 Å². The number of unbranched alkanes of at least 4 members (excludes halogenated alkanes) is 2. The Balaban J connectivity index is 0.00000576. The third kappa shape index (κ3) is 8.02. The van der Waals surface area contributed by atoms with Crippen LogP contribution in [0.15, 0.2) is 17.1 Å². The first kappa shape index (κ1) is 23.6. The van der Waals surface area contributed by atoms with E-state index in [0.717, 1.165) is 31.0 Å². The van der Waals surface area contributed by atoms with Gasteiger partial charge >= 0.3 is 0 Å². The summed E-state index contributed by atoms with van der Waals surface area (Å²) in [6, 6.07) is 3.84. The van der Waals surface area contributed by atoms with E-state index >= 15 is 0 Å². The zero-order valence-corrected chi connectivity index (χ0v) is 18.3. The Morgan fingerprint density at radius 3 is 2.08 bits per heavy atom. The van der Waals surface area contributed by atoms with Crippen LogP contribution in [0.2, 0.25) is 0 Å². The van der Waals surface area contributed by atoms with E-state index in [1.165, 1.54) is 12.8 Å². The lowest BCUT2D eigenvalue weighted by Crippen LogP contribution is -2.37. The second kappa shape index (κ2) is 13.9. The van der Waals surface area contributed by atoms with Crippen molar-refractivity contribution < 1.29 is 14.2 Å². The van der Waals surface area contributed by atoms with Crippen LogP contribution in [0.1, 0.15) is 38.7 Å². The minimum Gasteiger partial charge on any atom is -0.493 e. The summed E-state index contributed by atoms with van der Waals surface area (Å²) in [5.41, 5.74) is 0.996. The number of nitrogens with zero attached hydrogens (tertiary/aromatic N) is 1. The van der Waals surface area contributed by atoms with Gasteiger partial charge in [-0.1, -0.05) is 19.8 Å². The third-order valence-electron chi connectivity index (χ3n) is 3.56. The molecule has 0 radical (unpaired) electrons. The van der Waals surface area contributed by atoms with E-state index in [4.69, 9.17) is 14.2 Å². The van der Waals surface area contributed by atoms with E-state index in [-0.39, 0.29) is 24.0 Å². The van der Waals surface area contributed by atoms with Gasteiger partial charge in [0.1, 0.15) is 0 Å². The smallest absolute Gasteiger partial charge is 0.203 e. The minimum absolute atomic E-state index is 0. The molecule has 0 saturated heterocycles. The first-order valence-corrected chi connectivity index (χ1v) is 8.51. The van der Waals surface area contributed by atoms with E-state index in [9.17, 15) is 0 Å². The first-order chi connectivity index (χ1) is 11.7. The van der Waals surface area contributed by atoms with Crippen LogP contribution < -0.4 is 24.8 Å². The highest BCUT2D eigenvalue weighted by molar-refractivity contribution is 14.0. The Bertz CT molecular complexity index is 499. The molecular weight excluding hydrogens is 433 g/mol. The van der Waals surface area contributed by atoms with Gasteiger partial charge in [-0.2, -0.15) is 0 Å². The molecule has 25 heavy (non-hydrogen) atoms. The van der Waals surface area contributed by atoms with Crippen LogP contribution in [0.3, 0.4) is 0 Å². The molecule has 0 atom stereocenters. The molecular formula is C18H32IN3O3. The van der Waals surface area contributed by atoms with Crippen molar-refractivity contribution in [2.45, 2.75) is 39.7 Å². The number of ether oxygens (including phenoxy) is 3. The number of rotatable bonds is 10. The molecule has 1 aromatic carbocycles. The summed E-state index contributed by atoms with van der Waals surface area (Å²) in [5, 5.41) is 6.62. The number of nitrogens with one attached hydrogen (secondary N) is 2. The van der Waals surface area contributed by atoms with Crippen molar-refractivity contribution in [3.63, 3.8) is 0 Å². The van der Waals surface area contributed by atoms with Crippen LogP contribution in [0.4, 0.5) is 0 Å². The number of guanidine groups is 1. The number of hydrogen-bond acceptors (Lipinski definition) is 4. The molecule has 0 aliphatic rings. The maximum Gasteiger partial charge on any atom is 0.203 e. The molecule has 2 N–H and O–H groups in total. The van der Waals surface area contributed by atoms with Gasteiger partial charge in [0.25, 0.3) is 0 Å². The van der Waals surface area contributed by atoms with Gasteiger partial charge in [-0.3, -0.25) is 0 Å². The topological polar surface area (TPSA) is 64.1 Å². The molecule has 0 aliphatic heterocycles. The molecule has 0 amide bonds. The lowest BCUT2D eigenvalue weighted by Gasteiger charge is -2.14. The Morgan fingerprint density at radius 1 is 0.960 bits per heavy atom.